The van der Waals surface area contributed by atoms with Gasteiger partial charge in [-0.3, -0.25) is 0 Å². The third kappa shape index (κ3) is 3.21. The highest BCUT2D eigenvalue weighted by Crippen LogP contribution is 2.28. The van der Waals surface area contributed by atoms with Gasteiger partial charge in [0.2, 0.25) is 0 Å². The van der Waals surface area contributed by atoms with E-state index in [-0.39, 0.29) is 11.0 Å². The van der Waals surface area contributed by atoms with Crippen molar-refractivity contribution in [2.45, 2.75) is 31.9 Å². The predicted octanol–water partition coefficient (Wildman–Crippen LogP) is 1.84. The van der Waals surface area contributed by atoms with Gasteiger partial charge in [0.25, 0.3) is 0 Å². The van der Waals surface area contributed by atoms with E-state index < -0.39 is 9.84 Å². The topological polar surface area (TPSA) is 63.4 Å². The maximum Gasteiger partial charge on any atom is 0.154 e. The molecule has 0 aromatic heterocycles. The Labute approximate surface area is 115 Å². The van der Waals surface area contributed by atoms with Crippen LogP contribution in [0.4, 0.5) is 11.4 Å². The van der Waals surface area contributed by atoms with Crippen molar-refractivity contribution in [3.63, 3.8) is 0 Å². The fourth-order valence-electron chi connectivity index (χ4n) is 2.40. The van der Waals surface area contributed by atoms with Crippen molar-refractivity contribution in [1.29, 1.82) is 0 Å². The van der Waals surface area contributed by atoms with Crippen LogP contribution < -0.4 is 10.6 Å². The summed E-state index contributed by atoms with van der Waals surface area (Å²) in [5, 5.41) is -0.303. The molecule has 1 heterocycles. The number of nitrogens with zero attached hydrogens (tertiary/aromatic N) is 1. The highest BCUT2D eigenvalue weighted by atomic mass is 32.2. The van der Waals surface area contributed by atoms with E-state index in [0.717, 1.165) is 30.8 Å². The lowest BCUT2D eigenvalue weighted by molar-refractivity contribution is 0.584. The number of fused-ring (bicyclic) bond motifs is 1. The second-order valence-electron chi connectivity index (χ2n) is 5.39. The van der Waals surface area contributed by atoms with Gasteiger partial charge in [0.05, 0.1) is 11.0 Å². The number of rotatable bonds is 4. The maximum absolute atomic E-state index is 11.9. The average molecular weight is 282 g/mol. The van der Waals surface area contributed by atoms with E-state index in [4.69, 9.17) is 5.73 Å². The Morgan fingerprint density at radius 3 is 2.79 bits per heavy atom. The molecule has 1 aromatic rings. The smallest absolute Gasteiger partial charge is 0.154 e. The fraction of sp³-hybridized carbons (Fsp3) is 0.571. The van der Waals surface area contributed by atoms with Gasteiger partial charge in [0, 0.05) is 24.5 Å². The van der Waals surface area contributed by atoms with Crippen molar-refractivity contribution in [1.82, 2.24) is 0 Å². The van der Waals surface area contributed by atoms with Crippen molar-refractivity contribution in [3.8, 4) is 0 Å². The molecule has 0 spiro atoms. The first kappa shape index (κ1) is 14.2. The average Bonchev–Trinajstić information content (AvgIpc) is 2.35. The zero-order valence-corrected chi connectivity index (χ0v) is 12.4. The highest BCUT2D eigenvalue weighted by Gasteiger charge is 2.21. The maximum atomic E-state index is 11.9. The number of hydrogen-bond donors (Lipinski definition) is 1. The fourth-order valence-corrected chi connectivity index (χ4v) is 3.35. The molecule has 5 heteroatoms. The SMILES string of the molecule is CC(C)S(=O)(=O)CCN1CCCc2cc(N)ccc21. The third-order valence-electron chi connectivity index (χ3n) is 3.68. The zero-order valence-electron chi connectivity index (χ0n) is 11.6. The van der Waals surface area contributed by atoms with Crippen molar-refractivity contribution in [3.05, 3.63) is 23.8 Å². The Morgan fingerprint density at radius 1 is 1.37 bits per heavy atom. The van der Waals surface area contributed by atoms with Crippen LogP contribution in [0.25, 0.3) is 0 Å². The van der Waals surface area contributed by atoms with Gasteiger partial charge in [-0.2, -0.15) is 0 Å². The van der Waals surface area contributed by atoms with Crippen LogP contribution in [0.15, 0.2) is 18.2 Å². The molecule has 0 bridgehead atoms. The second kappa shape index (κ2) is 5.41. The number of aryl methyl sites for hydroxylation is 1. The Balaban J connectivity index is 2.12. The van der Waals surface area contributed by atoms with E-state index in [1.54, 1.807) is 13.8 Å². The summed E-state index contributed by atoms with van der Waals surface area (Å²) in [6, 6.07) is 5.89. The van der Waals surface area contributed by atoms with Gasteiger partial charge in [0.1, 0.15) is 0 Å². The summed E-state index contributed by atoms with van der Waals surface area (Å²) in [4.78, 5) is 2.16. The number of benzene rings is 1. The number of nitrogens with two attached hydrogens (primary N) is 1. The van der Waals surface area contributed by atoms with Gasteiger partial charge >= 0.3 is 0 Å². The Bertz CT molecular complexity index is 553. The van der Waals surface area contributed by atoms with Crippen LogP contribution in [-0.2, 0) is 16.3 Å². The monoisotopic (exact) mass is 282 g/mol. The number of hydrogen-bond acceptors (Lipinski definition) is 4. The van der Waals surface area contributed by atoms with Crippen molar-refractivity contribution >= 4 is 21.2 Å². The molecule has 0 unspecified atom stereocenters. The second-order valence-corrected chi connectivity index (χ2v) is 8.07. The van der Waals surface area contributed by atoms with Crippen LogP contribution in [0.5, 0.6) is 0 Å². The first-order valence-electron chi connectivity index (χ1n) is 6.75. The Morgan fingerprint density at radius 2 is 2.11 bits per heavy atom. The minimum atomic E-state index is -2.97. The molecule has 1 aliphatic heterocycles. The van der Waals surface area contributed by atoms with Crippen LogP contribution in [0, 0.1) is 0 Å². The molecule has 4 nitrogen and oxygen atoms in total. The molecular weight excluding hydrogens is 260 g/mol. The summed E-state index contributed by atoms with van der Waals surface area (Å²) in [5.41, 5.74) is 8.94. The molecule has 0 amide bonds. The molecule has 0 saturated heterocycles. The van der Waals surface area contributed by atoms with E-state index in [1.165, 1.54) is 5.56 Å². The Hall–Kier alpha value is -1.23. The Kier molecular flexibility index (Phi) is 4.04. The lowest BCUT2D eigenvalue weighted by Crippen LogP contribution is -2.35. The van der Waals surface area contributed by atoms with Crippen LogP contribution in [-0.4, -0.2) is 32.5 Å². The molecule has 0 fully saturated rings. The van der Waals surface area contributed by atoms with Gasteiger partial charge in [-0.15, -0.1) is 0 Å². The van der Waals surface area contributed by atoms with E-state index >= 15 is 0 Å². The highest BCUT2D eigenvalue weighted by molar-refractivity contribution is 7.92. The summed E-state index contributed by atoms with van der Waals surface area (Å²) < 4.78 is 23.8. The van der Waals surface area contributed by atoms with Crippen LogP contribution in [0.1, 0.15) is 25.8 Å². The number of sulfone groups is 1. The normalized spacial score (nSPS) is 15.6. The summed E-state index contributed by atoms with van der Waals surface area (Å²) >= 11 is 0. The summed E-state index contributed by atoms with van der Waals surface area (Å²) in [5.74, 6) is 0.217. The molecule has 19 heavy (non-hydrogen) atoms. The lowest BCUT2D eigenvalue weighted by atomic mass is 10.0. The summed E-state index contributed by atoms with van der Waals surface area (Å²) in [7, 11) is -2.97. The summed E-state index contributed by atoms with van der Waals surface area (Å²) in [6.45, 7) is 4.96. The van der Waals surface area contributed by atoms with Crippen molar-refractivity contribution in [2.24, 2.45) is 0 Å². The first-order chi connectivity index (χ1) is 8.90. The van der Waals surface area contributed by atoms with Crippen molar-refractivity contribution < 1.29 is 8.42 Å². The molecule has 2 rings (SSSR count). The molecule has 0 atom stereocenters. The number of nitrogen functional groups attached to an aromatic ring is 1. The molecule has 0 aliphatic carbocycles. The zero-order chi connectivity index (χ0) is 14.0. The van der Waals surface area contributed by atoms with Crippen LogP contribution in [0.3, 0.4) is 0 Å². The van der Waals surface area contributed by atoms with E-state index in [9.17, 15) is 8.42 Å². The largest absolute Gasteiger partial charge is 0.399 e. The van der Waals surface area contributed by atoms with Gasteiger partial charge in [-0.05, 0) is 50.5 Å². The minimum Gasteiger partial charge on any atom is -0.399 e. The van der Waals surface area contributed by atoms with Gasteiger partial charge < -0.3 is 10.6 Å². The van der Waals surface area contributed by atoms with Crippen LogP contribution in [0.2, 0.25) is 0 Å². The van der Waals surface area contributed by atoms with E-state index in [0.29, 0.717) is 6.54 Å². The molecular formula is C14H22N2O2S. The molecule has 106 valence electrons. The van der Waals surface area contributed by atoms with E-state index in [1.807, 2.05) is 18.2 Å². The minimum absolute atomic E-state index is 0.217. The predicted molar refractivity (Wildman–Crippen MR) is 80.3 cm³/mol. The van der Waals surface area contributed by atoms with Gasteiger partial charge in [0.15, 0.2) is 9.84 Å². The number of anilines is 2. The quantitative estimate of drug-likeness (QED) is 0.856. The third-order valence-corrected chi connectivity index (χ3v) is 5.87. The van der Waals surface area contributed by atoms with E-state index in [2.05, 4.69) is 4.90 Å². The standard InChI is InChI=1S/C14H22N2O2S/c1-11(2)19(17,18)9-8-16-7-3-4-12-10-13(15)5-6-14(12)16/h5-6,10-11H,3-4,7-9,15H2,1-2H3. The van der Waals surface area contributed by atoms with Crippen molar-refractivity contribution in [2.75, 3.05) is 29.5 Å². The molecule has 0 radical (unpaired) electrons. The van der Waals surface area contributed by atoms with Crippen LogP contribution >= 0.6 is 0 Å². The van der Waals surface area contributed by atoms with Gasteiger partial charge in [-0.1, -0.05) is 0 Å². The molecule has 2 N–H and O–H groups in total. The molecule has 1 aliphatic rings. The summed E-state index contributed by atoms with van der Waals surface area (Å²) in [6.07, 6.45) is 2.08. The lowest BCUT2D eigenvalue weighted by Gasteiger charge is -2.31. The first-order valence-corrected chi connectivity index (χ1v) is 8.46. The molecule has 0 saturated carbocycles. The molecule has 1 aromatic carbocycles. The van der Waals surface area contributed by atoms with Gasteiger partial charge in [-0.25, -0.2) is 8.42 Å².